The first-order chi connectivity index (χ1) is 16.0. The summed E-state index contributed by atoms with van der Waals surface area (Å²) in [7, 11) is 0. The zero-order valence-electron chi connectivity index (χ0n) is 20.9. The molecule has 0 saturated carbocycles. The standard InChI is InChI=1S/C31H42N2/c1-6-9-11-12-13-15-18-26(4)19-16-14-17-21-31(32)33-30(8-3)29-24-22-28(23-25-29)27(5)20-10-7-2/h6-8,10,14,16-17,19-20,22-25H,1,4,9,11-13,15,18,21H2,2-3,5H3,(H2,32,33)/b10-7-,17-14-,19-16-,27-20+,30-8-. The number of hydrogen-bond donors (Lipinski definition) is 1. The van der Waals surface area contributed by atoms with Crippen molar-refractivity contribution < 1.29 is 0 Å². The van der Waals surface area contributed by atoms with Crippen LogP contribution in [0.25, 0.3) is 11.3 Å². The van der Waals surface area contributed by atoms with Crippen molar-refractivity contribution >= 4 is 17.1 Å². The molecule has 176 valence electrons. The van der Waals surface area contributed by atoms with Gasteiger partial charge >= 0.3 is 0 Å². The lowest BCUT2D eigenvalue weighted by atomic mass is 10.0. The number of nitrogens with two attached hydrogens (primary N) is 1. The molecule has 0 aliphatic rings. The molecule has 0 aliphatic heterocycles. The van der Waals surface area contributed by atoms with Crippen LogP contribution in [0, 0.1) is 0 Å². The van der Waals surface area contributed by atoms with E-state index in [2.05, 4.69) is 67.6 Å². The van der Waals surface area contributed by atoms with Gasteiger partial charge in [-0.3, -0.25) is 0 Å². The fourth-order valence-electron chi connectivity index (χ4n) is 3.27. The number of amidine groups is 1. The average Bonchev–Trinajstić information content (AvgIpc) is 2.83. The van der Waals surface area contributed by atoms with E-state index in [4.69, 9.17) is 5.73 Å². The van der Waals surface area contributed by atoms with Gasteiger partial charge in [0.15, 0.2) is 0 Å². The fraction of sp³-hybridized carbons (Fsp3) is 0.323. The Hall–Kier alpha value is -3.13. The van der Waals surface area contributed by atoms with E-state index in [1.165, 1.54) is 42.4 Å². The minimum absolute atomic E-state index is 0.597. The summed E-state index contributed by atoms with van der Waals surface area (Å²) in [5, 5.41) is 0. The summed E-state index contributed by atoms with van der Waals surface area (Å²) in [6.45, 7) is 14.0. The van der Waals surface area contributed by atoms with E-state index in [9.17, 15) is 0 Å². The number of unbranched alkanes of at least 4 members (excludes halogenated alkanes) is 4. The van der Waals surface area contributed by atoms with Gasteiger partial charge in [-0.2, -0.15) is 0 Å². The van der Waals surface area contributed by atoms with Gasteiger partial charge in [-0.25, -0.2) is 4.99 Å². The maximum Gasteiger partial charge on any atom is 0.103 e. The Kier molecular flexibility index (Phi) is 14.7. The van der Waals surface area contributed by atoms with Crippen LogP contribution in [0.2, 0.25) is 0 Å². The smallest absolute Gasteiger partial charge is 0.103 e. The second kappa shape index (κ2) is 17.4. The monoisotopic (exact) mass is 442 g/mol. The van der Waals surface area contributed by atoms with Gasteiger partial charge in [0.25, 0.3) is 0 Å². The first kappa shape index (κ1) is 27.9. The SMILES string of the molecule is C=CCCCCCCC(=C)/C=C\C=C/CC(N)=N/C(=C\C)c1ccc(/C(C)=C/C=C\C)cc1. The Balaban J connectivity index is 2.53. The van der Waals surface area contributed by atoms with Crippen molar-refractivity contribution in [1.82, 2.24) is 0 Å². The molecule has 0 heterocycles. The molecular weight excluding hydrogens is 400 g/mol. The zero-order valence-corrected chi connectivity index (χ0v) is 20.9. The van der Waals surface area contributed by atoms with Crippen molar-refractivity contribution in [3.63, 3.8) is 0 Å². The average molecular weight is 443 g/mol. The summed E-state index contributed by atoms with van der Waals surface area (Å²) >= 11 is 0. The maximum absolute atomic E-state index is 6.17. The van der Waals surface area contributed by atoms with Crippen LogP contribution >= 0.6 is 0 Å². The summed E-state index contributed by atoms with van der Waals surface area (Å²) in [4.78, 5) is 4.62. The largest absolute Gasteiger partial charge is 0.387 e. The molecule has 2 N–H and O–H groups in total. The molecule has 0 atom stereocenters. The van der Waals surface area contributed by atoms with Crippen LogP contribution in [0.5, 0.6) is 0 Å². The van der Waals surface area contributed by atoms with Gasteiger partial charge in [0, 0.05) is 6.42 Å². The molecule has 1 aromatic carbocycles. The summed E-state index contributed by atoms with van der Waals surface area (Å²) in [6, 6.07) is 8.44. The molecule has 2 heteroatoms. The van der Waals surface area contributed by atoms with Crippen LogP contribution in [-0.4, -0.2) is 5.84 Å². The van der Waals surface area contributed by atoms with Gasteiger partial charge in [0.1, 0.15) is 5.84 Å². The summed E-state index contributed by atoms with van der Waals surface area (Å²) in [5.41, 5.74) is 11.7. The quantitative estimate of drug-likeness (QED) is 0.0950. The number of rotatable bonds is 15. The summed E-state index contributed by atoms with van der Waals surface area (Å²) in [6.07, 6.45) is 26.1. The minimum atomic E-state index is 0.597. The van der Waals surface area contributed by atoms with Gasteiger partial charge in [-0.1, -0.05) is 104 Å². The van der Waals surface area contributed by atoms with Crippen molar-refractivity contribution in [2.75, 3.05) is 0 Å². The predicted octanol–water partition coefficient (Wildman–Crippen LogP) is 8.97. The van der Waals surface area contributed by atoms with Crippen molar-refractivity contribution in [3.05, 3.63) is 109 Å². The van der Waals surface area contributed by atoms with Crippen LogP contribution in [0.3, 0.4) is 0 Å². The van der Waals surface area contributed by atoms with E-state index < -0.39 is 0 Å². The topological polar surface area (TPSA) is 38.4 Å². The number of benzene rings is 1. The predicted molar refractivity (Wildman–Crippen MR) is 150 cm³/mol. The van der Waals surface area contributed by atoms with Crippen LogP contribution in [0.1, 0.15) is 76.8 Å². The van der Waals surface area contributed by atoms with Crippen molar-refractivity contribution in [2.45, 2.75) is 65.7 Å². The normalized spacial score (nSPS) is 13.5. The van der Waals surface area contributed by atoms with Gasteiger partial charge in [-0.05, 0) is 63.2 Å². The van der Waals surface area contributed by atoms with Gasteiger partial charge in [-0.15, -0.1) is 6.58 Å². The highest BCUT2D eigenvalue weighted by Gasteiger charge is 2.02. The van der Waals surface area contributed by atoms with Crippen LogP contribution in [0.4, 0.5) is 0 Å². The number of aliphatic imine (C=N–C) groups is 1. The Morgan fingerprint density at radius 1 is 0.970 bits per heavy atom. The molecule has 0 spiro atoms. The zero-order chi connectivity index (χ0) is 24.3. The fourth-order valence-corrected chi connectivity index (χ4v) is 3.27. The van der Waals surface area contributed by atoms with Crippen molar-refractivity contribution in [3.8, 4) is 0 Å². The van der Waals surface area contributed by atoms with Gasteiger partial charge in [0.05, 0.1) is 5.70 Å². The molecule has 1 aromatic rings. The second-order valence-corrected chi connectivity index (χ2v) is 8.12. The lowest BCUT2D eigenvalue weighted by molar-refractivity contribution is 0.648. The Bertz CT molecular complexity index is 903. The lowest BCUT2D eigenvalue weighted by Gasteiger charge is -2.06. The molecule has 1 rings (SSSR count). The van der Waals surface area contributed by atoms with E-state index in [0.29, 0.717) is 12.3 Å². The second-order valence-electron chi connectivity index (χ2n) is 8.12. The van der Waals surface area contributed by atoms with Crippen LogP contribution in [0.15, 0.2) is 103 Å². The molecule has 33 heavy (non-hydrogen) atoms. The highest BCUT2D eigenvalue weighted by atomic mass is 14.9. The van der Waals surface area contributed by atoms with E-state index in [-0.39, 0.29) is 0 Å². The third kappa shape index (κ3) is 12.5. The van der Waals surface area contributed by atoms with E-state index in [1.807, 2.05) is 50.3 Å². The van der Waals surface area contributed by atoms with Crippen LogP contribution in [-0.2, 0) is 0 Å². The Morgan fingerprint density at radius 3 is 2.33 bits per heavy atom. The van der Waals surface area contributed by atoms with E-state index in [1.54, 1.807) is 0 Å². The molecule has 0 amide bonds. The molecular formula is C31H42N2. The molecule has 0 bridgehead atoms. The Labute approximate surface area is 202 Å². The number of nitrogens with zero attached hydrogens (tertiary/aromatic N) is 1. The molecule has 2 nitrogen and oxygen atoms in total. The minimum Gasteiger partial charge on any atom is -0.387 e. The third-order valence-corrected chi connectivity index (χ3v) is 5.27. The first-order valence-electron chi connectivity index (χ1n) is 12.0. The van der Waals surface area contributed by atoms with Crippen LogP contribution < -0.4 is 5.73 Å². The third-order valence-electron chi connectivity index (χ3n) is 5.27. The van der Waals surface area contributed by atoms with Gasteiger partial charge < -0.3 is 5.73 Å². The number of hydrogen-bond acceptors (Lipinski definition) is 1. The Morgan fingerprint density at radius 2 is 1.67 bits per heavy atom. The summed E-state index contributed by atoms with van der Waals surface area (Å²) < 4.78 is 0. The highest BCUT2D eigenvalue weighted by Crippen LogP contribution is 2.20. The van der Waals surface area contributed by atoms with E-state index in [0.717, 1.165) is 24.1 Å². The maximum atomic E-state index is 6.17. The molecule has 0 aromatic heterocycles. The molecule has 0 radical (unpaired) electrons. The summed E-state index contributed by atoms with van der Waals surface area (Å²) in [5.74, 6) is 0.597. The van der Waals surface area contributed by atoms with Gasteiger partial charge in [0.2, 0.25) is 0 Å². The highest BCUT2D eigenvalue weighted by molar-refractivity contribution is 5.88. The first-order valence-corrected chi connectivity index (χ1v) is 12.0. The number of allylic oxidation sites excluding steroid dienone is 10. The molecule has 0 fully saturated rings. The van der Waals surface area contributed by atoms with E-state index >= 15 is 0 Å². The molecule has 0 saturated heterocycles. The molecule has 0 unspecified atom stereocenters. The van der Waals surface area contributed by atoms with Crippen molar-refractivity contribution in [2.24, 2.45) is 10.7 Å². The van der Waals surface area contributed by atoms with Crippen molar-refractivity contribution in [1.29, 1.82) is 0 Å². The molecule has 0 aliphatic carbocycles. The lowest BCUT2D eigenvalue weighted by Crippen LogP contribution is -2.10.